The van der Waals surface area contributed by atoms with Crippen LogP contribution in [0.3, 0.4) is 0 Å². The van der Waals surface area contributed by atoms with E-state index in [2.05, 4.69) is 15.4 Å². The van der Waals surface area contributed by atoms with Crippen LogP contribution >= 0.6 is 0 Å². The lowest BCUT2D eigenvalue weighted by Crippen LogP contribution is -2.24. The van der Waals surface area contributed by atoms with Crippen LogP contribution in [0.4, 0.5) is 5.95 Å². The monoisotopic (exact) mass is 260 g/mol. The predicted octanol–water partition coefficient (Wildman–Crippen LogP) is 1.42. The maximum Gasteiger partial charge on any atom is 0.352 e. The predicted molar refractivity (Wildman–Crippen MR) is 65.6 cm³/mol. The Morgan fingerprint density at radius 2 is 2.47 bits per heavy atom. The van der Waals surface area contributed by atoms with Crippen molar-refractivity contribution in [3.63, 3.8) is 0 Å². The summed E-state index contributed by atoms with van der Waals surface area (Å²) in [7, 11) is 0. The number of nitrogens with one attached hydrogen (secondary N) is 1. The smallest absolute Gasteiger partial charge is 0.352 e. The average molecular weight is 260 g/mol. The fourth-order valence-corrected chi connectivity index (χ4v) is 1.97. The lowest BCUT2D eigenvalue weighted by molar-refractivity contribution is -0.132. The highest BCUT2D eigenvalue weighted by molar-refractivity contribution is 5.90. The Hall–Kier alpha value is -2.57. The van der Waals surface area contributed by atoms with E-state index < -0.39 is 12.0 Å². The highest BCUT2D eigenvalue weighted by Crippen LogP contribution is 2.29. The number of carboxylic acid groups (broad SMARTS) is 1. The van der Waals surface area contributed by atoms with Gasteiger partial charge in [0, 0.05) is 6.42 Å². The fraction of sp³-hybridized carbons (Fsp3) is 0.250. The molecule has 19 heavy (non-hydrogen) atoms. The van der Waals surface area contributed by atoms with Crippen LogP contribution in [0, 0.1) is 0 Å². The number of nitrogens with zero attached hydrogens (tertiary/aromatic N) is 3. The van der Waals surface area contributed by atoms with Crippen LogP contribution < -0.4 is 5.32 Å². The van der Waals surface area contributed by atoms with Gasteiger partial charge in [-0.1, -0.05) is 6.92 Å². The number of fused-ring (bicyclic) bond motifs is 1. The van der Waals surface area contributed by atoms with Crippen molar-refractivity contribution < 1.29 is 14.3 Å². The van der Waals surface area contributed by atoms with E-state index in [1.807, 2.05) is 6.92 Å². The molecule has 0 aromatic carbocycles. The first-order valence-corrected chi connectivity index (χ1v) is 5.90. The van der Waals surface area contributed by atoms with E-state index in [4.69, 9.17) is 9.52 Å². The minimum absolute atomic E-state index is 0.0731. The number of carbonyl (C=O) groups is 1. The number of aliphatic carboxylic acids is 1. The summed E-state index contributed by atoms with van der Waals surface area (Å²) in [6, 6.07) is 3.14. The molecule has 2 N–H and O–H groups in total. The first kappa shape index (κ1) is 11.5. The number of carboxylic acids is 1. The van der Waals surface area contributed by atoms with Gasteiger partial charge in [-0.2, -0.15) is 10.1 Å². The molecule has 3 rings (SSSR count). The van der Waals surface area contributed by atoms with E-state index in [0.717, 1.165) is 0 Å². The lowest BCUT2D eigenvalue weighted by Gasteiger charge is -2.20. The lowest BCUT2D eigenvalue weighted by atomic mass is 10.1. The fourth-order valence-electron chi connectivity index (χ4n) is 1.97. The molecular formula is C12H12N4O3. The van der Waals surface area contributed by atoms with Crippen molar-refractivity contribution in [3.8, 4) is 0 Å². The number of aryl methyl sites for hydroxylation is 1. The molecule has 0 saturated carbocycles. The van der Waals surface area contributed by atoms with Crippen molar-refractivity contribution in [3.05, 3.63) is 41.8 Å². The maximum atomic E-state index is 11.1. The van der Waals surface area contributed by atoms with Crippen LogP contribution in [-0.2, 0) is 11.2 Å². The zero-order valence-electron chi connectivity index (χ0n) is 10.2. The summed E-state index contributed by atoms with van der Waals surface area (Å²) >= 11 is 0. The normalized spacial score (nSPS) is 17.5. The summed E-state index contributed by atoms with van der Waals surface area (Å²) < 4.78 is 6.98. The second-order valence-electron chi connectivity index (χ2n) is 4.12. The van der Waals surface area contributed by atoms with Crippen molar-refractivity contribution in [1.29, 1.82) is 0 Å². The topological polar surface area (TPSA) is 93.2 Å². The van der Waals surface area contributed by atoms with Crippen LogP contribution in [0.15, 0.2) is 34.6 Å². The summed E-state index contributed by atoms with van der Waals surface area (Å²) in [6.45, 7) is 1.94. The van der Waals surface area contributed by atoms with E-state index in [1.54, 1.807) is 29.2 Å². The molecule has 1 aliphatic heterocycles. The Morgan fingerprint density at radius 1 is 1.63 bits per heavy atom. The quantitative estimate of drug-likeness (QED) is 0.866. The minimum Gasteiger partial charge on any atom is -0.477 e. The van der Waals surface area contributed by atoms with Crippen molar-refractivity contribution in [1.82, 2.24) is 14.8 Å². The van der Waals surface area contributed by atoms with Crippen molar-refractivity contribution in [2.24, 2.45) is 0 Å². The molecule has 0 aliphatic carbocycles. The van der Waals surface area contributed by atoms with Gasteiger partial charge >= 0.3 is 5.97 Å². The summed E-state index contributed by atoms with van der Waals surface area (Å²) in [6.07, 6.45) is 3.78. The number of anilines is 1. The van der Waals surface area contributed by atoms with Crippen LogP contribution in [-0.4, -0.2) is 25.8 Å². The first-order chi connectivity index (χ1) is 9.19. The zero-order valence-corrected chi connectivity index (χ0v) is 10.2. The van der Waals surface area contributed by atoms with Gasteiger partial charge in [0.15, 0.2) is 5.82 Å². The Labute approximate surface area is 108 Å². The summed E-state index contributed by atoms with van der Waals surface area (Å²) in [5.41, 5.74) is 0.0731. The summed E-state index contributed by atoms with van der Waals surface area (Å²) in [4.78, 5) is 15.4. The highest BCUT2D eigenvalue weighted by Gasteiger charge is 2.28. The Kier molecular flexibility index (Phi) is 2.59. The molecule has 3 heterocycles. The molecule has 2 aromatic heterocycles. The number of hydrogen-bond acceptors (Lipinski definition) is 5. The highest BCUT2D eigenvalue weighted by atomic mass is 16.4. The third-order valence-corrected chi connectivity index (χ3v) is 2.89. The Morgan fingerprint density at radius 3 is 3.11 bits per heavy atom. The molecule has 0 amide bonds. The number of rotatable bonds is 3. The second-order valence-corrected chi connectivity index (χ2v) is 4.12. The van der Waals surface area contributed by atoms with E-state index in [9.17, 15) is 4.79 Å². The molecule has 0 spiro atoms. The standard InChI is InChI=1S/C12H12N4O3/c1-2-10-14-12-13-7(11(17)18)6-8(16(12)15-10)9-4-3-5-19-9/h3-6,8H,2H2,1H3,(H,17,18)(H,13,14,15). The second kappa shape index (κ2) is 4.27. The van der Waals surface area contributed by atoms with Crippen molar-refractivity contribution in [2.45, 2.75) is 19.4 Å². The van der Waals surface area contributed by atoms with Crippen LogP contribution in [0.2, 0.25) is 0 Å². The van der Waals surface area contributed by atoms with Gasteiger partial charge < -0.3 is 14.8 Å². The van der Waals surface area contributed by atoms with Gasteiger partial charge in [0.25, 0.3) is 0 Å². The molecule has 98 valence electrons. The molecule has 1 aliphatic rings. The molecule has 0 bridgehead atoms. The summed E-state index contributed by atoms with van der Waals surface area (Å²) in [5.74, 6) is 0.648. The van der Waals surface area contributed by atoms with Crippen LogP contribution in [0.1, 0.15) is 24.6 Å². The number of hydrogen-bond donors (Lipinski definition) is 2. The Bertz CT molecular complexity index is 642. The first-order valence-electron chi connectivity index (χ1n) is 5.90. The van der Waals surface area contributed by atoms with E-state index in [-0.39, 0.29) is 5.70 Å². The van der Waals surface area contributed by atoms with E-state index >= 15 is 0 Å². The van der Waals surface area contributed by atoms with Gasteiger partial charge in [0.1, 0.15) is 17.5 Å². The largest absolute Gasteiger partial charge is 0.477 e. The minimum atomic E-state index is -1.04. The average Bonchev–Trinajstić information content (AvgIpc) is 3.05. The third-order valence-electron chi connectivity index (χ3n) is 2.89. The van der Waals surface area contributed by atoms with Gasteiger partial charge in [-0.05, 0) is 18.2 Å². The molecule has 0 fully saturated rings. The van der Waals surface area contributed by atoms with Gasteiger partial charge in [-0.15, -0.1) is 0 Å². The number of furan rings is 1. The number of aromatic nitrogens is 3. The zero-order chi connectivity index (χ0) is 13.4. The van der Waals surface area contributed by atoms with E-state index in [0.29, 0.717) is 24.0 Å². The van der Waals surface area contributed by atoms with Crippen LogP contribution in [0.25, 0.3) is 0 Å². The van der Waals surface area contributed by atoms with Crippen molar-refractivity contribution in [2.75, 3.05) is 5.32 Å². The van der Waals surface area contributed by atoms with Crippen molar-refractivity contribution >= 4 is 11.9 Å². The van der Waals surface area contributed by atoms with E-state index in [1.165, 1.54) is 0 Å². The molecule has 2 aromatic rings. The SMILES string of the molecule is CCc1nc2n(n1)C(c1ccco1)C=C(C(=O)O)N2. The molecule has 7 nitrogen and oxygen atoms in total. The van der Waals surface area contributed by atoms with Crippen LogP contribution in [0.5, 0.6) is 0 Å². The molecular weight excluding hydrogens is 248 g/mol. The number of allylic oxidation sites excluding steroid dienone is 1. The molecule has 7 heteroatoms. The van der Waals surface area contributed by atoms with Gasteiger partial charge in [0.05, 0.1) is 6.26 Å². The molecule has 0 saturated heterocycles. The third kappa shape index (κ3) is 1.88. The van der Waals surface area contributed by atoms with Gasteiger partial charge in [-0.3, -0.25) is 0 Å². The molecule has 1 unspecified atom stereocenters. The maximum absolute atomic E-state index is 11.1. The summed E-state index contributed by atoms with van der Waals surface area (Å²) in [5, 5.41) is 16.2. The van der Waals surface area contributed by atoms with Gasteiger partial charge in [-0.25, -0.2) is 9.48 Å². The van der Waals surface area contributed by atoms with Gasteiger partial charge in [0.2, 0.25) is 5.95 Å². The molecule has 0 radical (unpaired) electrons. The Balaban J connectivity index is 2.10. The molecule has 1 atom stereocenters.